The number of carbonyl (C=O) groups is 2. The quantitative estimate of drug-likeness (QED) is 0.276. The van der Waals surface area contributed by atoms with Crippen molar-refractivity contribution in [3.63, 3.8) is 0 Å². The van der Waals surface area contributed by atoms with Gasteiger partial charge in [-0.25, -0.2) is 0 Å². The lowest BCUT2D eigenvalue weighted by atomic mass is 9.83. The maximum atomic E-state index is 13.8. The Morgan fingerprint density at radius 2 is 1.73 bits per heavy atom. The van der Waals surface area contributed by atoms with Gasteiger partial charge in [-0.3, -0.25) is 14.4 Å². The summed E-state index contributed by atoms with van der Waals surface area (Å²) in [4.78, 5) is 38.8. The van der Waals surface area contributed by atoms with E-state index in [1.54, 1.807) is 16.8 Å². The van der Waals surface area contributed by atoms with Crippen molar-refractivity contribution in [2.75, 3.05) is 5.32 Å². The average molecular weight is 575 g/mol. The van der Waals surface area contributed by atoms with Crippen LogP contribution in [0.15, 0.2) is 71.7 Å². The molecule has 1 aromatic heterocycles. The normalized spacial score (nSPS) is 17.2. The Morgan fingerprint density at radius 3 is 2.39 bits per heavy atom. The Balaban J connectivity index is 1.30. The van der Waals surface area contributed by atoms with E-state index < -0.39 is 11.0 Å². The first-order valence-electron chi connectivity index (χ1n) is 14.6. The largest absolute Gasteiger partial charge is 0.460 e. The van der Waals surface area contributed by atoms with Gasteiger partial charge in [-0.05, 0) is 93.7 Å². The molecule has 7 heteroatoms. The third kappa shape index (κ3) is 7.28. The molecule has 2 saturated carbocycles. The van der Waals surface area contributed by atoms with E-state index in [4.69, 9.17) is 16.3 Å². The maximum absolute atomic E-state index is 13.8. The number of halogens is 1. The first kappa shape index (κ1) is 29.1. The molecule has 0 saturated heterocycles. The summed E-state index contributed by atoms with van der Waals surface area (Å²) in [6.45, 7) is 6.10. The molecule has 0 bridgehead atoms. The van der Waals surface area contributed by atoms with Crippen LogP contribution in [0.25, 0.3) is 0 Å². The number of rotatable bonds is 9. The average Bonchev–Trinajstić information content (AvgIpc) is 3.50. The number of anilines is 1. The number of nitrogens with one attached hydrogen (secondary N) is 1. The molecule has 1 amide bonds. The van der Waals surface area contributed by atoms with Crippen molar-refractivity contribution in [1.82, 2.24) is 4.57 Å². The highest BCUT2D eigenvalue weighted by Gasteiger charge is 2.52. The lowest BCUT2D eigenvalue weighted by Gasteiger charge is -2.24. The fourth-order valence-corrected chi connectivity index (χ4v) is 6.12. The lowest BCUT2D eigenvalue weighted by Crippen LogP contribution is -2.30. The molecule has 0 radical (unpaired) electrons. The molecule has 216 valence electrons. The van der Waals surface area contributed by atoms with Crippen molar-refractivity contribution in [1.29, 1.82) is 0 Å². The molecule has 2 aliphatic rings. The molecule has 1 heterocycles. The number of esters is 1. The van der Waals surface area contributed by atoms with Crippen LogP contribution in [0.1, 0.15) is 81.9 Å². The van der Waals surface area contributed by atoms with Gasteiger partial charge < -0.3 is 14.6 Å². The van der Waals surface area contributed by atoms with E-state index in [9.17, 15) is 14.4 Å². The summed E-state index contributed by atoms with van der Waals surface area (Å²) in [6.07, 6.45) is 8.20. The molecule has 1 atom stereocenters. The summed E-state index contributed by atoms with van der Waals surface area (Å²) in [7, 11) is 0. The topological polar surface area (TPSA) is 77.4 Å². The molecule has 1 N–H and O–H groups in total. The van der Waals surface area contributed by atoms with Gasteiger partial charge in [0, 0.05) is 18.0 Å². The van der Waals surface area contributed by atoms with Crippen LogP contribution in [0.5, 0.6) is 0 Å². The molecule has 41 heavy (non-hydrogen) atoms. The zero-order valence-corrected chi connectivity index (χ0v) is 24.9. The number of pyridine rings is 1. The molecule has 0 aliphatic heterocycles. The highest BCUT2D eigenvalue weighted by Crippen LogP contribution is 2.50. The Kier molecular flexibility index (Phi) is 8.42. The Bertz CT molecular complexity index is 1460. The molecule has 2 aromatic carbocycles. The highest BCUT2D eigenvalue weighted by atomic mass is 35.5. The highest BCUT2D eigenvalue weighted by molar-refractivity contribution is 6.30. The second-order valence-electron chi connectivity index (χ2n) is 12.7. The van der Waals surface area contributed by atoms with Crippen LogP contribution in [0.2, 0.25) is 5.02 Å². The van der Waals surface area contributed by atoms with Crippen LogP contribution >= 0.6 is 11.6 Å². The van der Waals surface area contributed by atoms with Crippen molar-refractivity contribution in [3.8, 4) is 0 Å². The monoisotopic (exact) mass is 574 g/mol. The van der Waals surface area contributed by atoms with Crippen LogP contribution < -0.4 is 10.9 Å². The molecule has 2 aliphatic carbocycles. The van der Waals surface area contributed by atoms with Crippen LogP contribution in [0, 0.1) is 11.3 Å². The predicted molar refractivity (Wildman–Crippen MR) is 162 cm³/mol. The zero-order valence-electron chi connectivity index (χ0n) is 24.1. The number of carbonyl (C=O) groups excluding carboxylic acids is 2. The van der Waals surface area contributed by atoms with Gasteiger partial charge in [-0.15, -0.1) is 0 Å². The van der Waals surface area contributed by atoms with E-state index in [0.29, 0.717) is 18.0 Å². The van der Waals surface area contributed by atoms with Gasteiger partial charge in [-0.1, -0.05) is 60.8 Å². The standard InChI is InChI=1S/C34H39ClN2O4/c1-33(2,3)41-32(40)34(17-18-34)20-24-7-6-10-28(19-24)36-31(39)30(25-8-4-5-9-25)26-13-11-23(12-14-26)21-37-22-27(35)15-16-29(37)38/h6-7,10-16,19,22,25,30H,4-5,8-9,17-18,20-21H2,1-3H3,(H,36,39)/t30-/m0/s1. The molecule has 3 aromatic rings. The number of ether oxygens (including phenoxy) is 1. The number of benzene rings is 2. The Hall–Kier alpha value is -3.38. The second-order valence-corrected chi connectivity index (χ2v) is 13.2. The molecule has 0 spiro atoms. The lowest BCUT2D eigenvalue weighted by molar-refractivity contribution is -0.161. The van der Waals surface area contributed by atoms with E-state index in [1.807, 2.05) is 69.3 Å². The van der Waals surface area contributed by atoms with E-state index in [1.165, 1.54) is 6.07 Å². The number of hydrogen-bond acceptors (Lipinski definition) is 4. The van der Waals surface area contributed by atoms with Crippen molar-refractivity contribution < 1.29 is 14.3 Å². The van der Waals surface area contributed by atoms with Crippen LogP contribution in [-0.4, -0.2) is 22.0 Å². The first-order valence-corrected chi connectivity index (χ1v) is 15.0. The minimum atomic E-state index is -0.511. The van der Waals surface area contributed by atoms with Crippen LogP contribution in [0.3, 0.4) is 0 Å². The van der Waals surface area contributed by atoms with E-state index in [0.717, 1.165) is 60.9 Å². The number of aromatic nitrogens is 1. The van der Waals surface area contributed by atoms with Gasteiger partial charge in [0.2, 0.25) is 5.91 Å². The van der Waals surface area contributed by atoms with E-state index in [-0.39, 0.29) is 29.3 Å². The molecular weight excluding hydrogens is 536 g/mol. The van der Waals surface area contributed by atoms with E-state index in [2.05, 4.69) is 5.32 Å². The summed E-state index contributed by atoms with van der Waals surface area (Å²) in [5, 5.41) is 3.70. The maximum Gasteiger partial charge on any atom is 0.312 e. The van der Waals surface area contributed by atoms with Crippen molar-refractivity contribution >= 4 is 29.2 Å². The van der Waals surface area contributed by atoms with Gasteiger partial charge in [0.25, 0.3) is 5.56 Å². The fourth-order valence-electron chi connectivity index (χ4n) is 5.94. The van der Waals surface area contributed by atoms with Crippen molar-refractivity contribution in [2.24, 2.45) is 11.3 Å². The molecule has 2 fully saturated rings. The number of nitrogens with zero attached hydrogens (tertiary/aromatic N) is 1. The minimum absolute atomic E-state index is 0.0128. The summed E-state index contributed by atoms with van der Waals surface area (Å²) < 4.78 is 7.27. The van der Waals surface area contributed by atoms with Crippen molar-refractivity contribution in [2.45, 2.75) is 83.8 Å². The molecule has 0 unspecified atom stereocenters. The predicted octanol–water partition coefficient (Wildman–Crippen LogP) is 7.13. The van der Waals surface area contributed by atoms with E-state index >= 15 is 0 Å². The van der Waals surface area contributed by atoms with Gasteiger partial charge in [0.15, 0.2) is 0 Å². The molecule has 6 nitrogen and oxygen atoms in total. The van der Waals surface area contributed by atoms with Gasteiger partial charge in [-0.2, -0.15) is 0 Å². The Labute approximate surface area is 247 Å². The van der Waals surface area contributed by atoms with Crippen molar-refractivity contribution in [3.05, 3.63) is 98.9 Å². The summed E-state index contributed by atoms with van der Waals surface area (Å²) in [6, 6.07) is 18.9. The van der Waals surface area contributed by atoms with Gasteiger partial charge in [0.1, 0.15) is 5.60 Å². The molecule has 5 rings (SSSR count). The minimum Gasteiger partial charge on any atom is -0.460 e. The van der Waals surface area contributed by atoms with Gasteiger partial charge in [0.05, 0.1) is 22.9 Å². The third-order valence-electron chi connectivity index (χ3n) is 8.22. The first-order chi connectivity index (χ1) is 19.5. The summed E-state index contributed by atoms with van der Waals surface area (Å²) in [5.74, 6) is -0.132. The van der Waals surface area contributed by atoms with Gasteiger partial charge >= 0.3 is 5.97 Å². The summed E-state index contributed by atoms with van der Waals surface area (Å²) in [5.41, 5.74) is 2.63. The van der Waals surface area contributed by atoms with Crippen LogP contribution in [0.4, 0.5) is 5.69 Å². The van der Waals surface area contributed by atoms with Crippen LogP contribution in [-0.2, 0) is 27.3 Å². The number of amides is 1. The Morgan fingerprint density at radius 1 is 1.02 bits per heavy atom. The fraction of sp³-hybridized carbons (Fsp3) is 0.441. The SMILES string of the molecule is CC(C)(C)OC(=O)C1(Cc2cccc(NC(=O)[C@H](c3ccc(Cn4cc(Cl)ccc4=O)cc3)C3CCCC3)c2)CC1. The summed E-state index contributed by atoms with van der Waals surface area (Å²) >= 11 is 6.08. The molecular formula is C34H39ClN2O4. The smallest absolute Gasteiger partial charge is 0.312 e. The third-order valence-corrected chi connectivity index (χ3v) is 8.44. The second kappa shape index (κ2) is 11.8. The number of hydrogen-bond donors (Lipinski definition) is 1. The zero-order chi connectivity index (χ0) is 29.2.